The van der Waals surface area contributed by atoms with Gasteiger partial charge in [0.2, 0.25) is 17.6 Å². The normalized spacial score (nSPS) is 14.5. The third kappa shape index (κ3) is 4.42. The van der Waals surface area contributed by atoms with Gasteiger partial charge in [-0.1, -0.05) is 17.3 Å². The molecule has 156 valence electrons. The number of carbonyl (C=O) groups excluding carboxylic acids is 1. The molecule has 1 aliphatic rings. The van der Waals surface area contributed by atoms with Crippen molar-refractivity contribution in [1.82, 2.24) is 20.4 Å². The topological polar surface area (TPSA) is 93.4 Å². The molecule has 8 nitrogen and oxygen atoms in total. The molecule has 1 saturated heterocycles. The monoisotopic (exact) mass is 407 g/mol. The number of amides is 1. The van der Waals surface area contributed by atoms with Crippen molar-refractivity contribution in [2.24, 2.45) is 5.92 Å². The molecule has 1 fully saturated rings. The van der Waals surface area contributed by atoms with Gasteiger partial charge in [-0.3, -0.25) is 4.79 Å². The van der Waals surface area contributed by atoms with Gasteiger partial charge in [0.05, 0.1) is 12.7 Å². The Morgan fingerprint density at radius 3 is 2.67 bits per heavy atom. The molecule has 0 atom stereocenters. The van der Waals surface area contributed by atoms with Crippen LogP contribution < -0.4 is 15.0 Å². The second-order valence-corrected chi connectivity index (χ2v) is 7.34. The van der Waals surface area contributed by atoms with Gasteiger partial charge in [-0.05, 0) is 42.7 Å². The fourth-order valence-electron chi connectivity index (χ4n) is 3.66. The van der Waals surface area contributed by atoms with Crippen molar-refractivity contribution in [2.75, 3.05) is 25.1 Å². The quantitative estimate of drug-likeness (QED) is 0.671. The highest BCUT2D eigenvalue weighted by Crippen LogP contribution is 2.30. The third-order valence-electron chi connectivity index (χ3n) is 5.35. The summed E-state index contributed by atoms with van der Waals surface area (Å²) in [5.41, 5.74) is 1.90. The summed E-state index contributed by atoms with van der Waals surface area (Å²) in [6, 6.07) is 11.5. The van der Waals surface area contributed by atoms with E-state index in [1.165, 1.54) is 0 Å². The molecule has 1 aliphatic heterocycles. The van der Waals surface area contributed by atoms with Gasteiger partial charge in [0.1, 0.15) is 11.6 Å². The molecule has 3 aromatic rings. The second kappa shape index (κ2) is 8.94. The maximum absolute atomic E-state index is 12.6. The number of hydrogen-bond acceptors (Lipinski definition) is 7. The first-order chi connectivity index (χ1) is 14.6. The number of aromatic nitrogens is 3. The van der Waals surface area contributed by atoms with Crippen LogP contribution in [0.4, 0.5) is 5.82 Å². The lowest BCUT2D eigenvalue weighted by molar-refractivity contribution is -0.125. The Bertz CT molecular complexity index is 994. The van der Waals surface area contributed by atoms with Crippen LogP contribution in [0.2, 0.25) is 0 Å². The zero-order chi connectivity index (χ0) is 20.9. The van der Waals surface area contributed by atoms with Gasteiger partial charge in [0.25, 0.3) is 0 Å². The first kappa shape index (κ1) is 19.9. The van der Waals surface area contributed by atoms with Crippen LogP contribution >= 0.6 is 0 Å². The number of methoxy groups -OCH3 is 1. The molecule has 0 spiro atoms. The largest absolute Gasteiger partial charge is 0.497 e. The minimum Gasteiger partial charge on any atom is -0.497 e. The molecule has 1 amide bonds. The van der Waals surface area contributed by atoms with Gasteiger partial charge in [-0.15, -0.1) is 0 Å². The van der Waals surface area contributed by atoms with E-state index in [1.807, 2.05) is 36.4 Å². The number of carbonyl (C=O) groups is 1. The smallest absolute Gasteiger partial charge is 0.223 e. The van der Waals surface area contributed by atoms with Gasteiger partial charge in [-0.2, -0.15) is 4.98 Å². The molecule has 0 bridgehead atoms. The van der Waals surface area contributed by atoms with Gasteiger partial charge >= 0.3 is 0 Å². The van der Waals surface area contributed by atoms with E-state index in [0.717, 1.165) is 48.6 Å². The maximum atomic E-state index is 12.6. The lowest BCUT2D eigenvalue weighted by Gasteiger charge is -2.32. The fraction of sp³-hybridized carbons (Fsp3) is 0.364. The summed E-state index contributed by atoms with van der Waals surface area (Å²) in [6.07, 6.45) is 3.31. The summed E-state index contributed by atoms with van der Waals surface area (Å²) in [7, 11) is 1.64. The number of benzene rings is 1. The second-order valence-electron chi connectivity index (χ2n) is 7.34. The van der Waals surface area contributed by atoms with Crippen LogP contribution in [-0.2, 0) is 11.3 Å². The van der Waals surface area contributed by atoms with Crippen molar-refractivity contribution in [1.29, 1.82) is 0 Å². The summed E-state index contributed by atoms with van der Waals surface area (Å²) in [4.78, 5) is 23.7. The molecule has 2 aromatic heterocycles. The Hall–Kier alpha value is -3.42. The van der Waals surface area contributed by atoms with Crippen LogP contribution in [0.25, 0.3) is 11.4 Å². The Balaban J connectivity index is 1.34. The van der Waals surface area contributed by atoms with Crippen molar-refractivity contribution in [3.05, 3.63) is 54.0 Å². The maximum Gasteiger partial charge on any atom is 0.223 e. The molecular formula is C22H25N5O3. The van der Waals surface area contributed by atoms with Crippen molar-refractivity contribution in [3.8, 4) is 17.1 Å². The average Bonchev–Trinajstić information content (AvgIpc) is 3.24. The Labute approximate surface area is 175 Å². The summed E-state index contributed by atoms with van der Waals surface area (Å²) in [5.74, 6) is 2.79. The van der Waals surface area contributed by atoms with Crippen LogP contribution in [0.1, 0.15) is 24.3 Å². The Morgan fingerprint density at radius 2 is 2.00 bits per heavy atom. The minimum atomic E-state index is -0.000852. The van der Waals surface area contributed by atoms with E-state index in [1.54, 1.807) is 20.2 Å². The van der Waals surface area contributed by atoms with Gasteiger partial charge in [-0.25, -0.2) is 4.98 Å². The van der Waals surface area contributed by atoms with Gasteiger partial charge in [0, 0.05) is 38.7 Å². The summed E-state index contributed by atoms with van der Waals surface area (Å²) < 4.78 is 10.3. The molecule has 30 heavy (non-hydrogen) atoms. The molecule has 0 radical (unpaired) electrons. The number of aryl methyl sites for hydroxylation is 1. The first-order valence-corrected chi connectivity index (χ1v) is 10.1. The molecule has 0 unspecified atom stereocenters. The molecule has 1 N–H and O–H groups in total. The van der Waals surface area contributed by atoms with Gasteiger partial charge in [0.15, 0.2) is 0 Å². The predicted molar refractivity (Wildman–Crippen MR) is 112 cm³/mol. The molecule has 8 heteroatoms. The minimum absolute atomic E-state index is 0.000852. The molecule has 1 aromatic carbocycles. The molecule has 0 saturated carbocycles. The highest BCUT2D eigenvalue weighted by atomic mass is 16.5. The summed E-state index contributed by atoms with van der Waals surface area (Å²) in [5, 5.41) is 7.08. The average molecular weight is 407 g/mol. The summed E-state index contributed by atoms with van der Waals surface area (Å²) in [6.45, 7) is 3.79. The number of hydrogen-bond donors (Lipinski definition) is 1. The van der Waals surface area contributed by atoms with E-state index in [4.69, 9.17) is 9.26 Å². The summed E-state index contributed by atoms with van der Waals surface area (Å²) >= 11 is 0. The number of rotatable bonds is 6. The van der Waals surface area contributed by atoms with E-state index < -0.39 is 0 Å². The molecular weight excluding hydrogens is 382 g/mol. The zero-order valence-corrected chi connectivity index (χ0v) is 17.2. The molecule has 0 aliphatic carbocycles. The SMILES string of the molecule is COc1ccc(CNC(=O)C2CCN(c3ncccc3-c3noc(C)n3)CC2)cc1. The van der Waals surface area contributed by atoms with Crippen molar-refractivity contribution in [3.63, 3.8) is 0 Å². The van der Waals surface area contributed by atoms with Crippen LogP contribution in [-0.4, -0.2) is 41.2 Å². The third-order valence-corrected chi connectivity index (χ3v) is 5.35. The number of anilines is 1. The zero-order valence-electron chi connectivity index (χ0n) is 17.2. The van der Waals surface area contributed by atoms with E-state index in [-0.39, 0.29) is 11.8 Å². The Morgan fingerprint density at radius 1 is 1.23 bits per heavy atom. The number of pyridine rings is 1. The highest BCUT2D eigenvalue weighted by Gasteiger charge is 2.27. The van der Waals surface area contributed by atoms with E-state index >= 15 is 0 Å². The number of ether oxygens (including phenoxy) is 1. The van der Waals surface area contributed by atoms with Gasteiger partial charge < -0.3 is 19.5 Å². The van der Waals surface area contributed by atoms with Crippen LogP contribution in [0.3, 0.4) is 0 Å². The van der Waals surface area contributed by atoms with Crippen LogP contribution in [0.15, 0.2) is 47.1 Å². The lowest BCUT2D eigenvalue weighted by atomic mass is 9.95. The predicted octanol–water partition coefficient (Wildman–Crippen LogP) is 2.98. The van der Waals surface area contributed by atoms with E-state index in [2.05, 4.69) is 25.3 Å². The highest BCUT2D eigenvalue weighted by molar-refractivity contribution is 5.79. The van der Waals surface area contributed by atoms with Crippen molar-refractivity contribution < 1.29 is 14.1 Å². The number of nitrogens with zero attached hydrogens (tertiary/aromatic N) is 4. The van der Waals surface area contributed by atoms with Crippen molar-refractivity contribution >= 4 is 11.7 Å². The van der Waals surface area contributed by atoms with E-state index in [0.29, 0.717) is 18.3 Å². The molecule has 4 rings (SSSR count). The first-order valence-electron chi connectivity index (χ1n) is 10.1. The van der Waals surface area contributed by atoms with Crippen LogP contribution in [0.5, 0.6) is 5.75 Å². The lowest BCUT2D eigenvalue weighted by Crippen LogP contribution is -2.40. The Kier molecular flexibility index (Phi) is 5.92. The fourth-order valence-corrected chi connectivity index (χ4v) is 3.66. The van der Waals surface area contributed by atoms with Crippen molar-refractivity contribution in [2.45, 2.75) is 26.3 Å². The number of piperidine rings is 1. The molecule has 3 heterocycles. The van der Waals surface area contributed by atoms with Crippen LogP contribution in [0, 0.1) is 12.8 Å². The van der Waals surface area contributed by atoms with E-state index in [9.17, 15) is 4.79 Å². The number of nitrogens with one attached hydrogen (secondary N) is 1. The standard InChI is InChI=1S/C22H25N5O3/c1-15-25-20(26-30-15)19-4-3-11-23-21(19)27-12-9-17(10-13-27)22(28)24-14-16-5-7-18(29-2)8-6-16/h3-8,11,17H,9-10,12-14H2,1-2H3,(H,24,28).